The minimum absolute atomic E-state index is 0.0268. The molecule has 0 saturated heterocycles. The maximum absolute atomic E-state index is 14.8. The topological polar surface area (TPSA) is 18.5 Å². The number of halogens is 3. The molecule has 3 aromatic rings. The Hall–Kier alpha value is -3.05. The van der Waals surface area contributed by atoms with Gasteiger partial charge in [-0.25, -0.2) is 13.2 Å². The van der Waals surface area contributed by atoms with E-state index in [1.165, 1.54) is 6.07 Å². The van der Waals surface area contributed by atoms with E-state index in [1.54, 1.807) is 43.5 Å². The molecule has 0 radical (unpaired) electrons. The molecule has 1 aliphatic rings. The predicted octanol–water partition coefficient (Wildman–Crippen LogP) is 8.01. The van der Waals surface area contributed by atoms with E-state index in [4.69, 9.17) is 9.47 Å². The van der Waals surface area contributed by atoms with E-state index in [0.29, 0.717) is 12.2 Å². The summed E-state index contributed by atoms with van der Waals surface area (Å²) in [5.41, 5.74) is 3.08. The second-order valence-electron chi connectivity index (χ2n) is 8.61. The van der Waals surface area contributed by atoms with E-state index in [1.807, 2.05) is 31.2 Å². The van der Waals surface area contributed by atoms with Gasteiger partial charge in [0.15, 0.2) is 23.2 Å². The molecule has 2 nitrogen and oxygen atoms in total. The van der Waals surface area contributed by atoms with Gasteiger partial charge < -0.3 is 9.47 Å². The third kappa shape index (κ3) is 5.36. The van der Waals surface area contributed by atoms with Crippen LogP contribution in [0.3, 0.4) is 0 Å². The van der Waals surface area contributed by atoms with Crippen LogP contribution in [0, 0.1) is 17.5 Å². The highest BCUT2D eigenvalue weighted by molar-refractivity contribution is 5.72. The zero-order valence-corrected chi connectivity index (χ0v) is 19.5. The van der Waals surface area contributed by atoms with Gasteiger partial charge in [0.1, 0.15) is 0 Å². The Bertz CT molecular complexity index is 1150. The molecule has 4 rings (SSSR count). The van der Waals surface area contributed by atoms with E-state index < -0.39 is 17.5 Å². The molecular formula is C29H29F3O2. The van der Waals surface area contributed by atoms with Crippen LogP contribution in [-0.4, -0.2) is 19.8 Å². The summed E-state index contributed by atoms with van der Waals surface area (Å²) in [6.45, 7) is 2.21. The number of hydrogen-bond acceptors (Lipinski definition) is 2. The molecule has 0 N–H and O–H groups in total. The van der Waals surface area contributed by atoms with Gasteiger partial charge in [-0.3, -0.25) is 0 Å². The molecule has 1 saturated carbocycles. The fourth-order valence-electron chi connectivity index (χ4n) is 4.56. The van der Waals surface area contributed by atoms with Crippen LogP contribution in [-0.2, 0) is 4.74 Å². The van der Waals surface area contributed by atoms with Gasteiger partial charge in [0, 0.05) is 12.7 Å². The fraction of sp³-hybridized carbons (Fsp3) is 0.310. The van der Waals surface area contributed by atoms with Crippen LogP contribution in [0.5, 0.6) is 5.75 Å². The van der Waals surface area contributed by atoms with Gasteiger partial charge in [0.2, 0.25) is 0 Å². The van der Waals surface area contributed by atoms with Crippen molar-refractivity contribution < 1.29 is 22.6 Å². The van der Waals surface area contributed by atoms with Crippen LogP contribution in [0.2, 0.25) is 0 Å². The zero-order chi connectivity index (χ0) is 24.1. The van der Waals surface area contributed by atoms with Crippen molar-refractivity contribution in [3.8, 4) is 16.9 Å². The standard InChI is InChI=1S/C29H29F3O2/c1-3-34-27-17-13-23(18-26(27)30)20-7-4-19(5-8-20)6-9-22-12-16-25(29(32)28(22)31)21-10-14-24(33-2)15-11-21/h4-9,12-13,16-18,21,24H,3,10-11,14-15H2,1-2H3/b9-6+. The summed E-state index contributed by atoms with van der Waals surface area (Å²) in [4.78, 5) is 0. The minimum Gasteiger partial charge on any atom is -0.491 e. The van der Waals surface area contributed by atoms with Gasteiger partial charge in [0.05, 0.1) is 12.7 Å². The first kappa shape index (κ1) is 24.1. The first-order valence-electron chi connectivity index (χ1n) is 11.7. The first-order valence-corrected chi connectivity index (χ1v) is 11.7. The molecule has 34 heavy (non-hydrogen) atoms. The van der Waals surface area contributed by atoms with Crippen LogP contribution in [0.4, 0.5) is 13.2 Å². The highest BCUT2D eigenvalue weighted by atomic mass is 19.2. The second-order valence-corrected chi connectivity index (χ2v) is 8.61. The van der Waals surface area contributed by atoms with Gasteiger partial charge in [-0.05, 0) is 72.9 Å². The predicted molar refractivity (Wildman–Crippen MR) is 130 cm³/mol. The number of methoxy groups -OCH3 is 1. The smallest absolute Gasteiger partial charge is 0.166 e. The van der Waals surface area contributed by atoms with Crippen LogP contribution in [0.25, 0.3) is 23.3 Å². The molecular weight excluding hydrogens is 437 g/mol. The van der Waals surface area contributed by atoms with E-state index >= 15 is 0 Å². The van der Waals surface area contributed by atoms with Gasteiger partial charge in [-0.15, -0.1) is 0 Å². The van der Waals surface area contributed by atoms with Crippen LogP contribution in [0.15, 0.2) is 54.6 Å². The highest BCUT2D eigenvalue weighted by Crippen LogP contribution is 2.36. The molecule has 0 aliphatic heterocycles. The maximum Gasteiger partial charge on any atom is 0.166 e. The van der Waals surface area contributed by atoms with Crippen LogP contribution in [0.1, 0.15) is 55.2 Å². The lowest BCUT2D eigenvalue weighted by Gasteiger charge is -2.28. The summed E-state index contributed by atoms with van der Waals surface area (Å²) in [6, 6.07) is 15.7. The highest BCUT2D eigenvalue weighted by Gasteiger charge is 2.25. The molecule has 0 aromatic heterocycles. The Balaban J connectivity index is 1.46. The number of hydrogen-bond donors (Lipinski definition) is 0. The number of benzene rings is 3. The number of ether oxygens (including phenoxy) is 2. The quantitative estimate of drug-likeness (QED) is 0.328. The Morgan fingerprint density at radius 3 is 2.18 bits per heavy atom. The van der Waals surface area contributed by atoms with Crippen molar-refractivity contribution in [3.63, 3.8) is 0 Å². The molecule has 1 aliphatic carbocycles. The SMILES string of the molecule is CCOc1ccc(-c2ccc(/C=C/c3ccc(C4CCC(OC)CC4)c(F)c3F)cc2)cc1F. The maximum atomic E-state index is 14.8. The Morgan fingerprint density at radius 1 is 0.824 bits per heavy atom. The molecule has 0 amide bonds. The summed E-state index contributed by atoms with van der Waals surface area (Å²) >= 11 is 0. The second kappa shape index (κ2) is 10.9. The molecule has 0 heterocycles. The Kier molecular flexibility index (Phi) is 7.73. The van der Waals surface area contributed by atoms with Crippen LogP contribution < -0.4 is 4.74 Å². The van der Waals surface area contributed by atoms with Crippen molar-refractivity contribution >= 4 is 12.2 Å². The average Bonchev–Trinajstić information content (AvgIpc) is 2.87. The average molecular weight is 467 g/mol. The third-order valence-electron chi connectivity index (χ3n) is 6.52. The Labute approximate surface area is 199 Å². The minimum atomic E-state index is -0.816. The fourth-order valence-corrected chi connectivity index (χ4v) is 4.56. The molecule has 5 heteroatoms. The lowest BCUT2D eigenvalue weighted by atomic mass is 9.82. The lowest BCUT2D eigenvalue weighted by Crippen LogP contribution is -2.20. The molecule has 3 aromatic carbocycles. The summed E-state index contributed by atoms with van der Waals surface area (Å²) in [5.74, 6) is -1.72. The van der Waals surface area contributed by atoms with Crippen molar-refractivity contribution in [2.45, 2.75) is 44.6 Å². The monoisotopic (exact) mass is 466 g/mol. The first-order chi connectivity index (χ1) is 16.5. The lowest BCUT2D eigenvalue weighted by molar-refractivity contribution is 0.0655. The van der Waals surface area contributed by atoms with Gasteiger partial charge in [-0.1, -0.05) is 54.6 Å². The summed E-state index contributed by atoms with van der Waals surface area (Å²) in [7, 11) is 1.69. The molecule has 0 spiro atoms. The van der Waals surface area contributed by atoms with Crippen molar-refractivity contribution in [1.29, 1.82) is 0 Å². The van der Waals surface area contributed by atoms with E-state index in [9.17, 15) is 13.2 Å². The number of rotatable bonds is 7. The third-order valence-corrected chi connectivity index (χ3v) is 6.52. The molecule has 0 bridgehead atoms. The molecule has 0 atom stereocenters. The van der Waals surface area contributed by atoms with E-state index in [0.717, 1.165) is 42.4 Å². The van der Waals surface area contributed by atoms with Crippen LogP contribution >= 0.6 is 0 Å². The largest absolute Gasteiger partial charge is 0.491 e. The van der Waals surface area contributed by atoms with Gasteiger partial charge >= 0.3 is 0 Å². The molecule has 1 fully saturated rings. The molecule has 0 unspecified atom stereocenters. The van der Waals surface area contributed by atoms with E-state index in [2.05, 4.69) is 0 Å². The van der Waals surface area contributed by atoms with Gasteiger partial charge in [-0.2, -0.15) is 0 Å². The van der Waals surface area contributed by atoms with Crippen molar-refractivity contribution in [1.82, 2.24) is 0 Å². The normalized spacial score (nSPS) is 18.4. The summed E-state index contributed by atoms with van der Waals surface area (Å²) in [5, 5.41) is 0. The van der Waals surface area contributed by atoms with Crippen molar-refractivity contribution in [2.75, 3.05) is 13.7 Å². The summed E-state index contributed by atoms with van der Waals surface area (Å²) < 4.78 is 54.4. The summed E-state index contributed by atoms with van der Waals surface area (Å²) in [6.07, 6.45) is 6.86. The van der Waals surface area contributed by atoms with Crippen molar-refractivity contribution in [3.05, 3.63) is 88.7 Å². The molecule has 178 valence electrons. The van der Waals surface area contributed by atoms with Gasteiger partial charge in [0.25, 0.3) is 0 Å². The van der Waals surface area contributed by atoms with Crippen molar-refractivity contribution in [2.24, 2.45) is 0 Å². The Morgan fingerprint density at radius 2 is 1.53 bits per heavy atom. The van der Waals surface area contributed by atoms with E-state index in [-0.39, 0.29) is 23.3 Å². The zero-order valence-electron chi connectivity index (χ0n) is 19.5.